The summed E-state index contributed by atoms with van der Waals surface area (Å²) in [5.41, 5.74) is 3.41. The molecule has 8 heteroatoms. The minimum atomic E-state index is -0.314. The summed E-state index contributed by atoms with van der Waals surface area (Å²) in [6, 6.07) is 18.7. The molecule has 0 unspecified atom stereocenters. The molecular weight excluding hydrogens is 492 g/mol. The van der Waals surface area contributed by atoms with Crippen molar-refractivity contribution in [2.45, 2.75) is 45.4 Å². The van der Waals surface area contributed by atoms with Gasteiger partial charge in [0, 0.05) is 49.2 Å². The van der Waals surface area contributed by atoms with Gasteiger partial charge in [0.05, 0.1) is 25.5 Å². The van der Waals surface area contributed by atoms with Crippen LogP contribution in [0.4, 0.5) is 5.69 Å². The Bertz CT molecular complexity index is 1240. The number of aliphatic hydroxyl groups is 1. The summed E-state index contributed by atoms with van der Waals surface area (Å²) in [5, 5.41) is 12.8. The predicted octanol–water partition coefficient (Wildman–Crippen LogP) is 3.54. The van der Waals surface area contributed by atoms with Crippen LogP contribution in [0.25, 0.3) is 0 Å². The Morgan fingerprint density at radius 3 is 2.62 bits per heavy atom. The molecule has 206 valence electrons. The van der Waals surface area contributed by atoms with E-state index in [2.05, 4.69) is 29.2 Å². The molecule has 39 heavy (non-hydrogen) atoms. The maximum absolute atomic E-state index is 13.4. The molecule has 1 aliphatic heterocycles. The molecule has 1 aliphatic rings. The number of carbonyl (C=O) groups is 2. The van der Waals surface area contributed by atoms with Crippen LogP contribution in [0.2, 0.25) is 0 Å². The Morgan fingerprint density at radius 1 is 1.15 bits per heavy atom. The quantitative estimate of drug-likeness (QED) is 0.440. The first-order valence-corrected chi connectivity index (χ1v) is 13.4. The van der Waals surface area contributed by atoms with Crippen molar-refractivity contribution in [2.75, 3.05) is 32.1 Å². The van der Waals surface area contributed by atoms with E-state index >= 15 is 0 Å². The summed E-state index contributed by atoms with van der Waals surface area (Å²) in [6.07, 6.45) is 3.75. The summed E-state index contributed by atoms with van der Waals surface area (Å²) in [5.74, 6) is 0.444. The van der Waals surface area contributed by atoms with Gasteiger partial charge in [-0.25, -0.2) is 0 Å². The number of anilines is 1. The van der Waals surface area contributed by atoms with Gasteiger partial charge in [-0.3, -0.25) is 19.5 Å². The van der Waals surface area contributed by atoms with E-state index in [0.29, 0.717) is 30.1 Å². The standard InChI is InChI=1S/C31H38N4O4/c1-22-18-35(23(2)21-36)31(38)17-26-16-27(33-30(37)15-24-7-5-4-6-8-24)9-10-28(26)39-29(22)20-34(3)19-25-11-13-32-14-12-25/h4-14,16,22-23,29,36H,15,17-21H2,1-3H3,(H,33,37)/t22-,23-,29+/m1/s1. The number of nitrogens with one attached hydrogen (secondary N) is 1. The number of amides is 2. The van der Waals surface area contributed by atoms with E-state index in [1.165, 1.54) is 0 Å². The second-order valence-corrected chi connectivity index (χ2v) is 10.5. The summed E-state index contributed by atoms with van der Waals surface area (Å²) in [7, 11) is 2.05. The van der Waals surface area contributed by atoms with E-state index in [0.717, 1.165) is 17.7 Å². The van der Waals surface area contributed by atoms with Crippen molar-refractivity contribution in [1.82, 2.24) is 14.8 Å². The zero-order valence-corrected chi connectivity index (χ0v) is 22.9. The van der Waals surface area contributed by atoms with E-state index in [9.17, 15) is 14.7 Å². The first-order valence-electron chi connectivity index (χ1n) is 13.4. The van der Waals surface area contributed by atoms with E-state index in [4.69, 9.17) is 4.74 Å². The monoisotopic (exact) mass is 530 g/mol. The highest BCUT2D eigenvalue weighted by molar-refractivity contribution is 5.92. The normalized spacial score (nSPS) is 18.4. The van der Waals surface area contributed by atoms with Crippen molar-refractivity contribution in [3.8, 4) is 5.75 Å². The van der Waals surface area contributed by atoms with Crippen LogP contribution in [0.1, 0.15) is 30.5 Å². The fourth-order valence-corrected chi connectivity index (χ4v) is 4.88. The summed E-state index contributed by atoms with van der Waals surface area (Å²) in [6.45, 7) is 5.68. The van der Waals surface area contributed by atoms with Crippen molar-refractivity contribution in [2.24, 2.45) is 5.92 Å². The number of hydrogen-bond acceptors (Lipinski definition) is 6. The van der Waals surface area contributed by atoms with Gasteiger partial charge >= 0.3 is 0 Å². The molecule has 0 bridgehead atoms. The molecule has 3 atom stereocenters. The van der Waals surface area contributed by atoms with Gasteiger partial charge in [0.1, 0.15) is 11.9 Å². The van der Waals surface area contributed by atoms with Crippen molar-refractivity contribution < 1.29 is 19.4 Å². The third kappa shape index (κ3) is 7.88. The Morgan fingerprint density at radius 2 is 1.90 bits per heavy atom. The molecule has 3 aromatic rings. The highest BCUT2D eigenvalue weighted by Crippen LogP contribution is 2.29. The van der Waals surface area contributed by atoms with Crippen LogP contribution < -0.4 is 10.1 Å². The summed E-state index contributed by atoms with van der Waals surface area (Å²) < 4.78 is 6.60. The number of nitrogens with zero attached hydrogens (tertiary/aromatic N) is 3. The topological polar surface area (TPSA) is 95.0 Å². The van der Waals surface area contributed by atoms with Crippen LogP contribution in [-0.2, 0) is 29.0 Å². The largest absolute Gasteiger partial charge is 0.488 e. The number of aliphatic hydroxyl groups excluding tert-OH is 1. The average molecular weight is 531 g/mol. The molecule has 4 rings (SSSR count). The second-order valence-electron chi connectivity index (χ2n) is 10.5. The number of likely N-dealkylation sites (N-methyl/N-ethyl adjacent to an activating group) is 1. The average Bonchev–Trinajstić information content (AvgIpc) is 2.97. The third-order valence-electron chi connectivity index (χ3n) is 7.10. The molecule has 2 heterocycles. The summed E-state index contributed by atoms with van der Waals surface area (Å²) >= 11 is 0. The maximum atomic E-state index is 13.4. The number of pyridine rings is 1. The fraction of sp³-hybridized carbons (Fsp3) is 0.387. The lowest BCUT2D eigenvalue weighted by Gasteiger charge is -2.34. The Balaban J connectivity index is 1.56. The lowest BCUT2D eigenvalue weighted by atomic mass is 10.0. The van der Waals surface area contributed by atoms with Crippen molar-refractivity contribution in [3.63, 3.8) is 0 Å². The smallest absolute Gasteiger partial charge is 0.228 e. The SMILES string of the molecule is C[C@@H]1CN([C@H](C)CO)C(=O)Cc2cc(NC(=O)Cc3ccccc3)ccc2O[C@H]1CN(C)Cc1ccncc1. The van der Waals surface area contributed by atoms with Gasteiger partial charge in [0.15, 0.2) is 0 Å². The van der Waals surface area contributed by atoms with Crippen LogP contribution in [0.5, 0.6) is 5.75 Å². The molecule has 2 amide bonds. The van der Waals surface area contributed by atoms with E-state index in [1.807, 2.05) is 67.6 Å². The van der Waals surface area contributed by atoms with Gasteiger partial charge in [0.25, 0.3) is 0 Å². The highest BCUT2D eigenvalue weighted by Gasteiger charge is 2.31. The number of hydrogen-bond donors (Lipinski definition) is 2. The van der Waals surface area contributed by atoms with Crippen LogP contribution in [-0.4, -0.2) is 70.6 Å². The number of carbonyl (C=O) groups excluding carboxylic acids is 2. The van der Waals surface area contributed by atoms with Gasteiger partial charge in [-0.2, -0.15) is 0 Å². The summed E-state index contributed by atoms with van der Waals surface area (Å²) in [4.78, 5) is 34.2. The molecule has 0 fully saturated rings. The van der Waals surface area contributed by atoms with Gasteiger partial charge in [-0.05, 0) is 55.4 Å². The lowest BCUT2D eigenvalue weighted by Crippen LogP contribution is -2.47. The van der Waals surface area contributed by atoms with Crippen molar-refractivity contribution >= 4 is 17.5 Å². The first-order chi connectivity index (χ1) is 18.8. The Labute approximate surface area is 230 Å². The zero-order chi connectivity index (χ0) is 27.8. The number of aromatic nitrogens is 1. The molecule has 1 aromatic heterocycles. The molecule has 8 nitrogen and oxygen atoms in total. The lowest BCUT2D eigenvalue weighted by molar-refractivity contribution is -0.134. The van der Waals surface area contributed by atoms with E-state index in [-0.39, 0.29) is 49.3 Å². The van der Waals surface area contributed by atoms with Gasteiger partial charge in [0.2, 0.25) is 11.8 Å². The van der Waals surface area contributed by atoms with Gasteiger partial charge in [-0.15, -0.1) is 0 Å². The van der Waals surface area contributed by atoms with Gasteiger partial charge in [-0.1, -0.05) is 37.3 Å². The van der Waals surface area contributed by atoms with Crippen LogP contribution in [0.15, 0.2) is 73.1 Å². The Hall–Kier alpha value is -3.75. The van der Waals surface area contributed by atoms with Crippen LogP contribution in [0, 0.1) is 5.92 Å². The highest BCUT2D eigenvalue weighted by atomic mass is 16.5. The number of ether oxygens (including phenoxy) is 1. The maximum Gasteiger partial charge on any atom is 0.228 e. The minimum absolute atomic E-state index is 0.0130. The number of benzene rings is 2. The van der Waals surface area contributed by atoms with Gasteiger partial charge < -0.3 is 20.1 Å². The van der Waals surface area contributed by atoms with Crippen LogP contribution in [0.3, 0.4) is 0 Å². The molecule has 0 spiro atoms. The minimum Gasteiger partial charge on any atom is -0.488 e. The third-order valence-corrected chi connectivity index (χ3v) is 7.10. The van der Waals surface area contributed by atoms with Crippen LogP contribution >= 0.6 is 0 Å². The number of rotatable bonds is 9. The predicted molar refractivity (Wildman–Crippen MR) is 151 cm³/mol. The molecule has 0 saturated carbocycles. The molecule has 2 aromatic carbocycles. The molecule has 0 saturated heterocycles. The second kappa shape index (κ2) is 13.4. The number of fused-ring (bicyclic) bond motifs is 1. The van der Waals surface area contributed by atoms with Crippen molar-refractivity contribution in [3.05, 3.63) is 89.7 Å². The van der Waals surface area contributed by atoms with E-state index < -0.39 is 0 Å². The first kappa shape index (κ1) is 28.3. The fourth-order valence-electron chi connectivity index (χ4n) is 4.88. The van der Waals surface area contributed by atoms with E-state index in [1.54, 1.807) is 17.3 Å². The molecule has 0 radical (unpaired) electrons. The van der Waals surface area contributed by atoms with Crippen molar-refractivity contribution in [1.29, 1.82) is 0 Å². The zero-order valence-electron chi connectivity index (χ0n) is 22.9. The molecular formula is C31H38N4O4. The Kier molecular flexibility index (Phi) is 9.68. The molecule has 0 aliphatic carbocycles. The molecule has 2 N–H and O–H groups in total.